The van der Waals surface area contributed by atoms with Gasteiger partial charge in [-0.1, -0.05) is 42.1 Å². The van der Waals surface area contributed by atoms with Gasteiger partial charge in [-0.2, -0.15) is 0 Å². The van der Waals surface area contributed by atoms with Gasteiger partial charge in [-0.25, -0.2) is 4.39 Å². The van der Waals surface area contributed by atoms with Crippen molar-refractivity contribution in [2.45, 2.75) is 48.6 Å². The maximum atomic E-state index is 13.3. The molecular formula is C24H26FN5OS. The fraction of sp³-hybridized carbons (Fsp3) is 0.375. The van der Waals surface area contributed by atoms with E-state index >= 15 is 0 Å². The third kappa shape index (κ3) is 4.65. The van der Waals surface area contributed by atoms with Gasteiger partial charge in [0.25, 0.3) is 0 Å². The molecule has 2 heterocycles. The SMILES string of the molecule is O=C(Nc1ccc(F)cc1)C(Sc1nnc(N2CCCCC2)n1C1CC1)c1ccccc1. The number of aromatic nitrogens is 3. The van der Waals surface area contributed by atoms with Crippen molar-refractivity contribution in [1.82, 2.24) is 14.8 Å². The quantitative estimate of drug-likeness (QED) is 0.500. The van der Waals surface area contributed by atoms with Gasteiger partial charge in [0.05, 0.1) is 0 Å². The molecule has 0 bridgehead atoms. The summed E-state index contributed by atoms with van der Waals surface area (Å²) in [4.78, 5) is 15.6. The van der Waals surface area contributed by atoms with Gasteiger partial charge in [-0.3, -0.25) is 9.36 Å². The van der Waals surface area contributed by atoms with Crippen molar-refractivity contribution in [3.8, 4) is 0 Å². The van der Waals surface area contributed by atoms with Crippen molar-refractivity contribution < 1.29 is 9.18 Å². The topological polar surface area (TPSA) is 63.1 Å². The summed E-state index contributed by atoms with van der Waals surface area (Å²) in [6.45, 7) is 2.01. The lowest BCUT2D eigenvalue weighted by Gasteiger charge is -2.28. The van der Waals surface area contributed by atoms with Gasteiger partial charge in [0, 0.05) is 24.8 Å². The summed E-state index contributed by atoms with van der Waals surface area (Å²) in [6, 6.07) is 15.9. The summed E-state index contributed by atoms with van der Waals surface area (Å²) in [6.07, 6.45) is 5.84. The summed E-state index contributed by atoms with van der Waals surface area (Å²) >= 11 is 1.43. The van der Waals surface area contributed by atoms with Gasteiger partial charge in [-0.05, 0) is 61.9 Å². The smallest absolute Gasteiger partial charge is 0.242 e. The van der Waals surface area contributed by atoms with Crippen molar-refractivity contribution in [2.24, 2.45) is 0 Å². The number of carbonyl (C=O) groups excluding carboxylic acids is 1. The van der Waals surface area contributed by atoms with Crippen LogP contribution >= 0.6 is 11.8 Å². The van der Waals surface area contributed by atoms with Crippen LogP contribution in [0.25, 0.3) is 0 Å². The zero-order valence-electron chi connectivity index (χ0n) is 17.8. The first-order chi connectivity index (χ1) is 15.7. The molecule has 32 heavy (non-hydrogen) atoms. The lowest BCUT2D eigenvalue weighted by atomic mass is 10.1. The molecule has 166 valence electrons. The fourth-order valence-electron chi connectivity index (χ4n) is 4.06. The first-order valence-electron chi connectivity index (χ1n) is 11.2. The number of anilines is 2. The van der Waals surface area contributed by atoms with E-state index in [1.807, 2.05) is 30.3 Å². The van der Waals surface area contributed by atoms with Crippen LogP contribution in [0.4, 0.5) is 16.0 Å². The number of carbonyl (C=O) groups is 1. The van der Waals surface area contributed by atoms with Gasteiger partial charge in [-0.15, -0.1) is 10.2 Å². The lowest BCUT2D eigenvalue weighted by Crippen LogP contribution is -2.32. The highest BCUT2D eigenvalue weighted by Gasteiger charge is 2.34. The first kappa shape index (κ1) is 21.0. The van der Waals surface area contributed by atoms with E-state index < -0.39 is 5.25 Å². The van der Waals surface area contributed by atoms with Crippen LogP contribution in [0.3, 0.4) is 0 Å². The van der Waals surface area contributed by atoms with E-state index in [1.165, 1.54) is 43.2 Å². The Balaban J connectivity index is 1.43. The van der Waals surface area contributed by atoms with Crippen LogP contribution in [0.5, 0.6) is 0 Å². The molecule has 1 saturated heterocycles. The van der Waals surface area contributed by atoms with Gasteiger partial charge >= 0.3 is 0 Å². The molecule has 0 spiro atoms. The second-order valence-electron chi connectivity index (χ2n) is 8.34. The van der Waals surface area contributed by atoms with Crippen molar-refractivity contribution in [2.75, 3.05) is 23.3 Å². The molecule has 2 aromatic carbocycles. The third-order valence-electron chi connectivity index (χ3n) is 5.87. The Bertz CT molecular complexity index is 1060. The molecule has 1 aliphatic carbocycles. The normalized spacial score (nSPS) is 17.2. The second-order valence-corrected chi connectivity index (χ2v) is 9.41. The monoisotopic (exact) mass is 451 g/mol. The van der Waals surface area contributed by atoms with Crippen LogP contribution in [0.1, 0.15) is 49.0 Å². The highest BCUT2D eigenvalue weighted by molar-refractivity contribution is 8.00. The number of rotatable bonds is 7. The van der Waals surface area contributed by atoms with E-state index in [1.54, 1.807) is 12.1 Å². The number of amides is 1. The number of nitrogens with one attached hydrogen (secondary N) is 1. The minimum absolute atomic E-state index is 0.169. The summed E-state index contributed by atoms with van der Waals surface area (Å²) in [5, 5.41) is 12.3. The van der Waals surface area contributed by atoms with E-state index in [9.17, 15) is 9.18 Å². The summed E-state index contributed by atoms with van der Waals surface area (Å²) in [7, 11) is 0. The second kappa shape index (κ2) is 9.32. The maximum Gasteiger partial charge on any atom is 0.242 e. The largest absolute Gasteiger partial charge is 0.341 e. The van der Waals surface area contributed by atoms with Crippen LogP contribution in [0.15, 0.2) is 59.8 Å². The number of hydrogen-bond acceptors (Lipinski definition) is 5. The molecule has 1 saturated carbocycles. The molecule has 1 aliphatic heterocycles. The fourth-order valence-corrected chi connectivity index (χ4v) is 5.16. The Kier molecular flexibility index (Phi) is 6.12. The molecule has 1 N–H and O–H groups in total. The molecule has 1 atom stereocenters. The van der Waals surface area contributed by atoms with Crippen LogP contribution in [-0.4, -0.2) is 33.8 Å². The number of nitrogens with zero attached hydrogens (tertiary/aromatic N) is 4. The predicted molar refractivity (Wildman–Crippen MR) is 124 cm³/mol. The van der Waals surface area contributed by atoms with E-state index in [2.05, 4.69) is 25.0 Å². The molecular weight excluding hydrogens is 425 g/mol. The zero-order valence-corrected chi connectivity index (χ0v) is 18.6. The third-order valence-corrected chi connectivity index (χ3v) is 7.08. The van der Waals surface area contributed by atoms with Gasteiger partial charge in [0.2, 0.25) is 11.9 Å². The standard InChI is InChI=1S/C24H26FN5OS/c25-18-9-11-19(12-10-18)26-22(31)21(17-7-3-1-4-8-17)32-24-28-27-23(30(24)20-13-14-20)29-15-5-2-6-16-29/h1,3-4,7-12,20-21H,2,5-6,13-16H2,(H,26,31). The minimum Gasteiger partial charge on any atom is -0.341 e. The molecule has 1 unspecified atom stereocenters. The molecule has 2 fully saturated rings. The Morgan fingerprint density at radius 1 is 1.00 bits per heavy atom. The van der Waals surface area contributed by atoms with Crippen molar-refractivity contribution >= 4 is 29.3 Å². The van der Waals surface area contributed by atoms with E-state index in [-0.39, 0.29) is 11.7 Å². The Hall–Kier alpha value is -2.87. The number of halogens is 1. The van der Waals surface area contributed by atoms with Gasteiger partial charge in [0.1, 0.15) is 11.1 Å². The van der Waals surface area contributed by atoms with E-state index in [0.717, 1.165) is 42.6 Å². The molecule has 6 nitrogen and oxygen atoms in total. The Morgan fingerprint density at radius 2 is 1.72 bits per heavy atom. The van der Waals surface area contributed by atoms with Crippen LogP contribution in [0.2, 0.25) is 0 Å². The van der Waals surface area contributed by atoms with Gasteiger partial charge < -0.3 is 10.2 Å². The van der Waals surface area contributed by atoms with Gasteiger partial charge in [0.15, 0.2) is 5.16 Å². The van der Waals surface area contributed by atoms with Crippen LogP contribution in [-0.2, 0) is 4.79 Å². The van der Waals surface area contributed by atoms with Crippen LogP contribution < -0.4 is 10.2 Å². The average Bonchev–Trinajstić information content (AvgIpc) is 3.59. The molecule has 5 rings (SSSR count). The summed E-state index contributed by atoms with van der Waals surface area (Å²) in [5.74, 6) is 0.429. The minimum atomic E-state index is -0.503. The van der Waals surface area contributed by atoms with E-state index in [4.69, 9.17) is 0 Å². The zero-order chi connectivity index (χ0) is 21.9. The number of benzene rings is 2. The molecule has 1 aromatic heterocycles. The van der Waals surface area contributed by atoms with Crippen molar-refractivity contribution in [3.63, 3.8) is 0 Å². The molecule has 8 heteroatoms. The number of hydrogen-bond donors (Lipinski definition) is 1. The average molecular weight is 452 g/mol. The molecule has 0 radical (unpaired) electrons. The Morgan fingerprint density at radius 3 is 2.41 bits per heavy atom. The lowest BCUT2D eigenvalue weighted by molar-refractivity contribution is -0.115. The first-order valence-corrected chi connectivity index (χ1v) is 12.0. The highest BCUT2D eigenvalue weighted by Crippen LogP contribution is 2.44. The number of thioether (sulfide) groups is 1. The maximum absolute atomic E-state index is 13.3. The number of piperidine rings is 1. The summed E-state index contributed by atoms with van der Waals surface area (Å²) in [5.41, 5.74) is 1.46. The van der Waals surface area contributed by atoms with Crippen molar-refractivity contribution in [1.29, 1.82) is 0 Å². The summed E-state index contributed by atoms with van der Waals surface area (Å²) < 4.78 is 15.5. The molecule has 1 amide bonds. The van der Waals surface area contributed by atoms with Crippen LogP contribution in [0, 0.1) is 5.82 Å². The molecule has 3 aromatic rings. The van der Waals surface area contributed by atoms with Crippen molar-refractivity contribution in [3.05, 3.63) is 66.0 Å². The predicted octanol–water partition coefficient (Wildman–Crippen LogP) is 5.21. The Labute approximate surface area is 191 Å². The van der Waals surface area contributed by atoms with E-state index in [0.29, 0.717) is 11.7 Å². The molecule has 2 aliphatic rings. The highest BCUT2D eigenvalue weighted by atomic mass is 32.2.